The van der Waals surface area contributed by atoms with Gasteiger partial charge in [-0.15, -0.1) is 0 Å². The van der Waals surface area contributed by atoms with Crippen LogP contribution in [0.4, 0.5) is 28.4 Å². The van der Waals surface area contributed by atoms with Crippen LogP contribution in [0.5, 0.6) is 0 Å². The number of primary amides is 1. The molecule has 0 saturated carbocycles. The number of morpholine rings is 2. The van der Waals surface area contributed by atoms with E-state index in [1.54, 1.807) is 0 Å². The van der Waals surface area contributed by atoms with Crippen molar-refractivity contribution in [3.05, 3.63) is 173 Å². The van der Waals surface area contributed by atoms with Gasteiger partial charge in [-0.25, -0.2) is 9.69 Å². The molecule has 2 amide bonds. The summed E-state index contributed by atoms with van der Waals surface area (Å²) in [5, 5.41) is 4.99. The molecule has 0 aliphatic carbocycles. The topological polar surface area (TPSA) is 132 Å². The van der Waals surface area contributed by atoms with Gasteiger partial charge in [0.2, 0.25) is 11.8 Å². The standard InChI is InChI=1S/C30H28N4O2.C28H24BrN3O.C2H5NO/c1-19-17-34(18-20(2)36-19)25-14-10-23(11-15-25)28-16-32-29-26(22-8-12-24(31-4)13-9-22)6-5-7-27(29)30(28)33-21(3)35;1-18-16-32(17-19(2)33-18)23-13-9-21(10-14-23)26-15-31-28-24(5-4-6-25(28)27(26)29)20-7-11-22(30-3)12-8-20;1-2(3)4/h5-16,19-20H,17-18H2,1-3H3,(H,32,33,35);4-15,18-19H,16-17H2,1-2H3;1H3,(H2,3,4)/t19-,20+;18-,19+;. The molecule has 2 fully saturated rings. The van der Waals surface area contributed by atoms with Crippen molar-refractivity contribution in [3.8, 4) is 44.5 Å². The smallest absolute Gasteiger partial charge is 0.221 e. The van der Waals surface area contributed by atoms with E-state index in [1.165, 1.54) is 19.5 Å². The number of nitrogens with two attached hydrogens (primary N) is 1. The molecule has 2 aliphatic heterocycles. The van der Waals surface area contributed by atoms with Gasteiger partial charge in [-0.1, -0.05) is 109 Å². The second-order valence-electron chi connectivity index (χ2n) is 18.5. The third kappa shape index (κ3) is 12.2. The molecule has 0 spiro atoms. The molecule has 0 unspecified atom stereocenters. The first-order chi connectivity index (χ1) is 35.2. The van der Waals surface area contributed by atoms with Crippen LogP contribution < -0.4 is 20.9 Å². The number of amides is 2. The van der Waals surface area contributed by atoms with Crippen LogP contribution in [0, 0.1) is 13.1 Å². The molecule has 368 valence electrons. The highest BCUT2D eigenvalue weighted by Crippen LogP contribution is 2.40. The molecule has 2 saturated heterocycles. The number of hydrogen-bond acceptors (Lipinski definition) is 8. The number of aromatic nitrogens is 2. The van der Waals surface area contributed by atoms with Crippen LogP contribution in [0.2, 0.25) is 0 Å². The van der Waals surface area contributed by atoms with Crippen molar-refractivity contribution >= 4 is 78.0 Å². The van der Waals surface area contributed by atoms with Crippen molar-refractivity contribution in [3.63, 3.8) is 0 Å². The summed E-state index contributed by atoms with van der Waals surface area (Å²) in [7, 11) is 0. The van der Waals surface area contributed by atoms with Crippen LogP contribution in [0.3, 0.4) is 0 Å². The van der Waals surface area contributed by atoms with Gasteiger partial charge in [-0.3, -0.25) is 19.6 Å². The SMILES string of the molecule is CC(N)=O.[C-]#[N+]c1ccc(-c2cccc3c(Br)c(-c4ccc(N5C[C@@H](C)O[C@@H](C)C5)cc4)cnc23)cc1.[C-]#[N+]c1ccc(-c2cccc3c(NC(C)=O)c(-c4ccc(N5C[C@@H](C)O[C@@H](C)C5)cc4)cnc23)cc1. The molecule has 6 aromatic carbocycles. The van der Waals surface area contributed by atoms with Crippen LogP contribution in [0.1, 0.15) is 41.5 Å². The van der Waals surface area contributed by atoms with Gasteiger partial charge in [-0.05, 0) is 90.1 Å². The molecule has 73 heavy (non-hydrogen) atoms. The molecule has 0 radical (unpaired) electrons. The quantitative estimate of drug-likeness (QED) is 0.151. The number of carbonyl (C=O) groups excluding carboxylic acids is 2. The van der Waals surface area contributed by atoms with Crippen molar-refractivity contribution in [2.24, 2.45) is 5.73 Å². The van der Waals surface area contributed by atoms with Gasteiger partial charge in [0.15, 0.2) is 11.4 Å². The number of pyridine rings is 2. The van der Waals surface area contributed by atoms with Crippen molar-refractivity contribution < 1.29 is 19.1 Å². The fraction of sp³-hybridized carbons (Fsp3) is 0.233. The maximum Gasteiger partial charge on any atom is 0.221 e. The Labute approximate surface area is 435 Å². The Morgan fingerprint density at radius 2 is 0.918 bits per heavy atom. The van der Waals surface area contributed by atoms with Gasteiger partial charge in [0.05, 0.1) is 54.3 Å². The zero-order valence-electron chi connectivity index (χ0n) is 41.8. The third-order valence-electron chi connectivity index (χ3n) is 12.6. The molecule has 3 N–H and O–H groups in total. The van der Waals surface area contributed by atoms with Crippen molar-refractivity contribution in [2.45, 2.75) is 66.0 Å². The van der Waals surface area contributed by atoms with Crippen LogP contribution in [0.25, 0.3) is 76.0 Å². The predicted octanol–water partition coefficient (Wildman–Crippen LogP) is 13.7. The summed E-state index contributed by atoms with van der Waals surface area (Å²) < 4.78 is 12.8. The van der Waals surface area contributed by atoms with E-state index in [2.05, 4.69) is 141 Å². The van der Waals surface area contributed by atoms with Crippen LogP contribution >= 0.6 is 15.9 Å². The van der Waals surface area contributed by atoms with E-state index < -0.39 is 0 Å². The number of carbonyl (C=O) groups is 2. The summed E-state index contributed by atoms with van der Waals surface area (Å²) >= 11 is 3.85. The lowest BCUT2D eigenvalue weighted by Crippen LogP contribution is -2.45. The van der Waals surface area contributed by atoms with Crippen molar-refractivity contribution in [1.29, 1.82) is 0 Å². The van der Waals surface area contributed by atoms with E-state index in [0.717, 1.165) is 108 Å². The maximum absolute atomic E-state index is 12.2. The van der Waals surface area contributed by atoms with E-state index >= 15 is 0 Å². The lowest BCUT2D eigenvalue weighted by molar-refractivity contribution is -0.116. The van der Waals surface area contributed by atoms with Crippen molar-refractivity contribution in [1.82, 2.24) is 9.97 Å². The maximum atomic E-state index is 12.2. The molecular formula is C60H57BrN8O4. The molecule has 10 rings (SSSR count). The largest absolute Gasteiger partial charge is 0.372 e. The van der Waals surface area contributed by atoms with Gasteiger partial charge in [0.1, 0.15) is 0 Å². The Morgan fingerprint density at radius 1 is 0.562 bits per heavy atom. The number of rotatable bonds is 7. The van der Waals surface area contributed by atoms with Gasteiger partial charge in [0.25, 0.3) is 0 Å². The highest BCUT2D eigenvalue weighted by molar-refractivity contribution is 9.10. The Bertz CT molecular complexity index is 3330. The highest BCUT2D eigenvalue weighted by Gasteiger charge is 2.24. The summed E-state index contributed by atoms with van der Waals surface area (Å²) in [5.74, 6) is -0.469. The first kappa shape index (κ1) is 51.4. The van der Waals surface area contributed by atoms with E-state index in [9.17, 15) is 9.59 Å². The van der Waals surface area contributed by atoms with Crippen LogP contribution in [0.15, 0.2) is 150 Å². The Hall–Kier alpha value is -7.94. The minimum Gasteiger partial charge on any atom is -0.372 e. The number of para-hydroxylation sites is 2. The Kier molecular flexibility index (Phi) is 16.3. The predicted molar refractivity (Wildman–Crippen MR) is 299 cm³/mol. The number of halogens is 1. The van der Waals surface area contributed by atoms with E-state index in [4.69, 9.17) is 32.6 Å². The zero-order valence-corrected chi connectivity index (χ0v) is 43.4. The summed E-state index contributed by atoms with van der Waals surface area (Å²) in [6.07, 6.45) is 4.63. The molecule has 12 nitrogen and oxygen atoms in total. The second-order valence-corrected chi connectivity index (χ2v) is 19.3. The first-order valence-corrected chi connectivity index (χ1v) is 25.0. The fourth-order valence-corrected chi connectivity index (χ4v) is 10.2. The number of nitrogens with one attached hydrogen (secondary N) is 1. The molecule has 2 aliphatic rings. The van der Waals surface area contributed by atoms with Crippen molar-refractivity contribution in [2.75, 3.05) is 41.3 Å². The van der Waals surface area contributed by atoms with Gasteiger partial charge >= 0.3 is 0 Å². The average molecular weight is 1030 g/mol. The second kappa shape index (κ2) is 23.1. The van der Waals surface area contributed by atoms with E-state index in [-0.39, 0.29) is 36.2 Å². The summed E-state index contributed by atoms with van der Waals surface area (Å²) in [6, 6.07) is 44.5. The minimum absolute atomic E-state index is 0.136. The number of benzene rings is 6. The lowest BCUT2D eigenvalue weighted by atomic mass is 9.97. The average Bonchev–Trinajstić information content (AvgIpc) is 3.38. The number of nitrogens with zero attached hydrogens (tertiary/aromatic N) is 6. The molecule has 4 atom stereocenters. The molecule has 8 aromatic rings. The van der Waals surface area contributed by atoms with Gasteiger partial charge < -0.3 is 30.3 Å². The number of hydrogen-bond donors (Lipinski definition) is 2. The molecular weight excluding hydrogens is 977 g/mol. The summed E-state index contributed by atoms with van der Waals surface area (Å²) in [5.41, 5.74) is 18.6. The number of anilines is 3. The van der Waals surface area contributed by atoms with Crippen LogP contribution in [-0.4, -0.2) is 72.4 Å². The normalized spacial score (nSPS) is 17.3. The van der Waals surface area contributed by atoms with E-state index in [0.29, 0.717) is 11.4 Å². The van der Waals surface area contributed by atoms with Gasteiger partial charge in [-0.2, -0.15) is 0 Å². The summed E-state index contributed by atoms with van der Waals surface area (Å²) in [6.45, 7) is 29.2. The fourth-order valence-electron chi connectivity index (χ4n) is 9.52. The zero-order chi connectivity index (χ0) is 51.8. The highest BCUT2D eigenvalue weighted by atomic mass is 79.9. The number of fused-ring (bicyclic) bond motifs is 2. The minimum atomic E-state index is -0.333. The molecule has 0 bridgehead atoms. The Balaban J connectivity index is 0.000000182. The summed E-state index contributed by atoms with van der Waals surface area (Å²) in [4.78, 5) is 42.8. The third-order valence-corrected chi connectivity index (χ3v) is 13.4. The number of ether oxygens (including phenoxy) is 2. The monoisotopic (exact) mass is 1030 g/mol. The molecule has 13 heteroatoms. The van der Waals surface area contributed by atoms with Crippen LogP contribution in [-0.2, 0) is 19.1 Å². The van der Waals surface area contributed by atoms with Gasteiger partial charge in [0, 0.05) is 101 Å². The lowest BCUT2D eigenvalue weighted by Gasteiger charge is -2.37. The van der Waals surface area contributed by atoms with E-state index in [1.807, 2.05) is 79.1 Å². The Morgan fingerprint density at radius 3 is 1.33 bits per heavy atom. The molecule has 4 heterocycles. The molecule has 2 aromatic heterocycles. The first-order valence-electron chi connectivity index (χ1n) is 24.2.